The van der Waals surface area contributed by atoms with Crippen molar-refractivity contribution in [3.05, 3.63) is 71.8 Å². The summed E-state index contributed by atoms with van der Waals surface area (Å²) in [7, 11) is 3.42. The van der Waals surface area contributed by atoms with Gasteiger partial charge in [0, 0.05) is 37.6 Å². The maximum absolute atomic E-state index is 12.9. The highest BCUT2D eigenvalue weighted by Crippen LogP contribution is 2.22. The van der Waals surface area contributed by atoms with Gasteiger partial charge in [0.2, 0.25) is 0 Å². The van der Waals surface area contributed by atoms with Crippen LogP contribution in [0.5, 0.6) is 5.75 Å². The Bertz CT molecular complexity index is 935. The van der Waals surface area contributed by atoms with Gasteiger partial charge in [0.1, 0.15) is 11.4 Å². The standard InChI is InChI=1S/C21H24N4O2/c1-15-9-10-22-18(11-15)12-16(2)24(3)21(26)17-13-23-25(14-17)19-7-5-6-8-20(19)27-4/h5-11,13-14,16H,12H2,1-4H3. The van der Waals surface area contributed by atoms with Crippen LogP contribution in [0.2, 0.25) is 0 Å². The van der Waals surface area contributed by atoms with E-state index in [9.17, 15) is 4.79 Å². The molecule has 1 atom stereocenters. The van der Waals surface area contributed by atoms with E-state index in [0.29, 0.717) is 17.7 Å². The van der Waals surface area contributed by atoms with Gasteiger partial charge in [-0.1, -0.05) is 12.1 Å². The number of carbonyl (C=O) groups is 1. The van der Waals surface area contributed by atoms with E-state index < -0.39 is 0 Å². The zero-order chi connectivity index (χ0) is 19.4. The van der Waals surface area contributed by atoms with Crippen molar-refractivity contribution < 1.29 is 9.53 Å². The zero-order valence-electron chi connectivity index (χ0n) is 16.1. The fourth-order valence-electron chi connectivity index (χ4n) is 2.94. The number of aryl methyl sites for hydroxylation is 1. The van der Waals surface area contributed by atoms with E-state index in [0.717, 1.165) is 11.4 Å². The lowest BCUT2D eigenvalue weighted by molar-refractivity contribution is 0.0743. The molecule has 0 spiro atoms. The zero-order valence-corrected chi connectivity index (χ0v) is 16.1. The summed E-state index contributed by atoms with van der Waals surface area (Å²) in [6.45, 7) is 4.06. The molecule has 1 aromatic carbocycles. The number of methoxy groups -OCH3 is 1. The van der Waals surface area contributed by atoms with E-state index in [1.54, 1.807) is 35.3 Å². The van der Waals surface area contributed by atoms with E-state index in [1.807, 2.05) is 51.2 Å². The highest BCUT2D eigenvalue weighted by molar-refractivity contribution is 5.93. The van der Waals surface area contributed by atoms with Crippen LogP contribution in [0.3, 0.4) is 0 Å². The maximum Gasteiger partial charge on any atom is 0.257 e. The van der Waals surface area contributed by atoms with Gasteiger partial charge in [0.15, 0.2) is 0 Å². The minimum atomic E-state index is -0.0729. The number of aromatic nitrogens is 3. The minimum Gasteiger partial charge on any atom is -0.494 e. The van der Waals surface area contributed by atoms with Gasteiger partial charge in [-0.05, 0) is 43.7 Å². The summed E-state index contributed by atoms with van der Waals surface area (Å²) >= 11 is 0. The summed E-state index contributed by atoms with van der Waals surface area (Å²) in [5.41, 5.74) is 3.47. The van der Waals surface area contributed by atoms with Crippen molar-refractivity contribution in [2.24, 2.45) is 0 Å². The van der Waals surface area contributed by atoms with Crippen molar-refractivity contribution in [1.82, 2.24) is 19.7 Å². The molecular formula is C21H24N4O2. The highest BCUT2D eigenvalue weighted by atomic mass is 16.5. The molecule has 0 aliphatic heterocycles. The lowest BCUT2D eigenvalue weighted by atomic mass is 10.1. The van der Waals surface area contributed by atoms with E-state index in [2.05, 4.69) is 16.1 Å². The second-order valence-corrected chi connectivity index (χ2v) is 6.64. The quantitative estimate of drug-likeness (QED) is 0.673. The number of rotatable bonds is 6. The van der Waals surface area contributed by atoms with Gasteiger partial charge < -0.3 is 9.64 Å². The molecule has 27 heavy (non-hydrogen) atoms. The van der Waals surface area contributed by atoms with Crippen molar-refractivity contribution in [3.8, 4) is 11.4 Å². The first kappa shape index (κ1) is 18.6. The Morgan fingerprint density at radius 3 is 2.81 bits per heavy atom. The maximum atomic E-state index is 12.9. The number of likely N-dealkylation sites (N-methyl/N-ethyl adjacent to an activating group) is 1. The molecule has 0 saturated heterocycles. The fraction of sp³-hybridized carbons (Fsp3) is 0.286. The molecule has 0 aliphatic carbocycles. The normalized spacial score (nSPS) is 11.9. The van der Waals surface area contributed by atoms with Crippen LogP contribution in [0.25, 0.3) is 5.69 Å². The van der Waals surface area contributed by atoms with Crippen LogP contribution in [0, 0.1) is 6.92 Å². The summed E-state index contributed by atoms with van der Waals surface area (Å²) in [6.07, 6.45) is 5.82. The van der Waals surface area contributed by atoms with Crippen molar-refractivity contribution in [1.29, 1.82) is 0 Å². The average Bonchev–Trinajstić information content (AvgIpc) is 3.16. The highest BCUT2D eigenvalue weighted by Gasteiger charge is 2.20. The number of amides is 1. The first-order valence-corrected chi connectivity index (χ1v) is 8.86. The fourth-order valence-corrected chi connectivity index (χ4v) is 2.94. The second-order valence-electron chi connectivity index (χ2n) is 6.64. The molecule has 0 N–H and O–H groups in total. The molecule has 0 fully saturated rings. The Labute approximate surface area is 159 Å². The topological polar surface area (TPSA) is 60.2 Å². The van der Waals surface area contributed by atoms with Crippen LogP contribution >= 0.6 is 0 Å². The van der Waals surface area contributed by atoms with Crippen LogP contribution in [0.1, 0.15) is 28.5 Å². The summed E-state index contributed by atoms with van der Waals surface area (Å²) in [5, 5.41) is 4.33. The summed E-state index contributed by atoms with van der Waals surface area (Å²) in [4.78, 5) is 19.0. The van der Waals surface area contributed by atoms with Gasteiger partial charge in [-0.3, -0.25) is 9.78 Å². The lowest BCUT2D eigenvalue weighted by Crippen LogP contribution is -2.36. The molecule has 0 aliphatic rings. The number of benzene rings is 1. The molecule has 0 bridgehead atoms. The van der Waals surface area contributed by atoms with Gasteiger partial charge in [0.25, 0.3) is 5.91 Å². The minimum absolute atomic E-state index is 0.0152. The molecule has 2 heterocycles. The van der Waals surface area contributed by atoms with Gasteiger partial charge in [-0.25, -0.2) is 4.68 Å². The summed E-state index contributed by atoms with van der Waals surface area (Å²) < 4.78 is 7.03. The molecule has 1 unspecified atom stereocenters. The molecule has 6 nitrogen and oxygen atoms in total. The van der Waals surface area contributed by atoms with Crippen molar-refractivity contribution in [2.45, 2.75) is 26.3 Å². The van der Waals surface area contributed by atoms with Gasteiger partial charge in [0.05, 0.1) is 18.9 Å². The summed E-state index contributed by atoms with van der Waals surface area (Å²) in [5.74, 6) is 0.628. The molecular weight excluding hydrogens is 340 g/mol. The first-order chi connectivity index (χ1) is 13.0. The molecule has 6 heteroatoms. The number of para-hydroxylation sites is 2. The van der Waals surface area contributed by atoms with Crippen molar-refractivity contribution in [3.63, 3.8) is 0 Å². The van der Waals surface area contributed by atoms with Gasteiger partial charge in [-0.15, -0.1) is 0 Å². The number of pyridine rings is 1. The molecule has 2 aromatic heterocycles. The van der Waals surface area contributed by atoms with E-state index in [-0.39, 0.29) is 11.9 Å². The van der Waals surface area contributed by atoms with Crippen LogP contribution in [0.15, 0.2) is 55.0 Å². The Kier molecular flexibility index (Phi) is 5.54. The molecule has 3 aromatic rings. The van der Waals surface area contributed by atoms with Crippen LogP contribution < -0.4 is 4.74 Å². The Balaban J connectivity index is 1.74. The summed E-state index contributed by atoms with van der Waals surface area (Å²) in [6, 6.07) is 11.6. The van der Waals surface area contributed by atoms with Crippen LogP contribution in [0.4, 0.5) is 0 Å². The number of carbonyl (C=O) groups excluding carboxylic acids is 1. The number of hydrogen-bond donors (Lipinski definition) is 0. The Morgan fingerprint density at radius 1 is 1.30 bits per heavy atom. The van der Waals surface area contributed by atoms with Gasteiger partial charge in [-0.2, -0.15) is 5.10 Å². The third-order valence-corrected chi connectivity index (χ3v) is 4.62. The molecule has 0 radical (unpaired) electrons. The Hall–Kier alpha value is -3.15. The Morgan fingerprint density at radius 2 is 2.07 bits per heavy atom. The third kappa shape index (κ3) is 4.16. The second kappa shape index (κ2) is 8.03. The van der Waals surface area contributed by atoms with Crippen LogP contribution in [-0.4, -0.2) is 45.8 Å². The first-order valence-electron chi connectivity index (χ1n) is 8.86. The monoisotopic (exact) mass is 364 g/mol. The number of hydrogen-bond acceptors (Lipinski definition) is 4. The molecule has 0 saturated carbocycles. The van der Waals surface area contributed by atoms with Crippen molar-refractivity contribution in [2.75, 3.05) is 14.2 Å². The predicted octanol–water partition coefficient (Wildman–Crippen LogP) is 3.29. The average molecular weight is 364 g/mol. The number of nitrogens with zero attached hydrogens (tertiary/aromatic N) is 4. The largest absolute Gasteiger partial charge is 0.494 e. The van der Waals surface area contributed by atoms with E-state index in [4.69, 9.17) is 4.74 Å². The van der Waals surface area contributed by atoms with Gasteiger partial charge >= 0.3 is 0 Å². The van der Waals surface area contributed by atoms with Crippen LogP contribution in [-0.2, 0) is 6.42 Å². The predicted molar refractivity (Wildman–Crippen MR) is 104 cm³/mol. The van der Waals surface area contributed by atoms with E-state index in [1.165, 1.54) is 5.56 Å². The smallest absolute Gasteiger partial charge is 0.257 e. The number of ether oxygens (including phenoxy) is 1. The molecule has 140 valence electrons. The van der Waals surface area contributed by atoms with Crippen molar-refractivity contribution >= 4 is 5.91 Å². The molecule has 1 amide bonds. The van der Waals surface area contributed by atoms with E-state index >= 15 is 0 Å². The third-order valence-electron chi connectivity index (χ3n) is 4.62. The molecule has 3 rings (SSSR count). The SMILES string of the molecule is COc1ccccc1-n1cc(C(=O)N(C)C(C)Cc2cc(C)ccn2)cn1. The lowest BCUT2D eigenvalue weighted by Gasteiger charge is -2.24.